The predicted molar refractivity (Wildman–Crippen MR) is 99.6 cm³/mol. The minimum absolute atomic E-state index is 0.190. The lowest BCUT2D eigenvalue weighted by Crippen LogP contribution is -2.49. The summed E-state index contributed by atoms with van der Waals surface area (Å²) in [4.78, 5) is 16.8. The summed E-state index contributed by atoms with van der Waals surface area (Å²) in [5.41, 5.74) is 2.23. The molecule has 1 aliphatic heterocycles. The number of hydrogen-bond acceptors (Lipinski definition) is 3. The second kappa shape index (κ2) is 7.71. The molecule has 0 atom stereocenters. The van der Waals surface area contributed by atoms with Crippen molar-refractivity contribution < 1.29 is 9.53 Å². The summed E-state index contributed by atoms with van der Waals surface area (Å²) in [5.74, 6) is 1.00. The van der Waals surface area contributed by atoms with E-state index in [1.165, 1.54) is 5.69 Å². The quantitative estimate of drug-likeness (QED) is 0.804. The Morgan fingerprint density at radius 3 is 2.21 bits per heavy atom. The van der Waals surface area contributed by atoms with Crippen molar-refractivity contribution >= 4 is 27.5 Å². The molecule has 2 aromatic rings. The lowest BCUT2D eigenvalue weighted by atomic mass is 10.1. The van der Waals surface area contributed by atoms with Crippen LogP contribution in [0.5, 0.6) is 5.75 Å². The Balaban J connectivity index is 1.53. The number of amides is 1. The number of methoxy groups -OCH3 is 1. The van der Waals surface area contributed by atoms with Crippen LogP contribution >= 0.6 is 15.9 Å². The molecule has 1 aliphatic rings. The lowest BCUT2D eigenvalue weighted by Gasteiger charge is -2.36. The normalized spacial score (nSPS) is 14.6. The number of benzene rings is 2. The number of carbonyl (C=O) groups excluding carboxylic acids is 1. The molecular formula is C19H21BrN2O2. The highest BCUT2D eigenvalue weighted by Crippen LogP contribution is 2.20. The molecule has 4 nitrogen and oxygen atoms in total. The Morgan fingerprint density at radius 2 is 1.62 bits per heavy atom. The van der Waals surface area contributed by atoms with Gasteiger partial charge in [0.1, 0.15) is 5.75 Å². The zero-order valence-corrected chi connectivity index (χ0v) is 15.3. The first-order chi connectivity index (χ1) is 11.7. The second-order valence-electron chi connectivity index (χ2n) is 5.87. The zero-order chi connectivity index (χ0) is 16.9. The maximum absolute atomic E-state index is 12.5. The zero-order valence-electron chi connectivity index (χ0n) is 13.7. The fraction of sp³-hybridized carbons (Fsp3) is 0.316. The van der Waals surface area contributed by atoms with Crippen molar-refractivity contribution in [3.05, 3.63) is 58.6 Å². The van der Waals surface area contributed by atoms with Crippen molar-refractivity contribution in [1.82, 2.24) is 4.90 Å². The highest BCUT2D eigenvalue weighted by molar-refractivity contribution is 9.10. The van der Waals surface area contributed by atoms with Gasteiger partial charge in [-0.05, 0) is 42.0 Å². The van der Waals surface area contributed by atoms with Gasteiger partial charge in [-0.3, -0.25) is 4.79 Å². The summed E-state index contributed by atoms with van der Waals surface area (Å²) in [6.07, 6.45) is 0.447. The first-order valence-corrected chi connectivity index (χ1v) is 8.86. The van der Waals surface area contributed by atoms with Gasteiger partial charge in [-0.2, -0.15) is 0 Å². The molecule has 0 saturated carbocycles. The average molecular weight is 389 g/mol. The Hall–Kier alpha value is -2.01. The summed E-state index contributed by atoms with van der Waals surface area (Å²) in [5, 5.41) is 0. The van der Waals surface area contributed by atoms with Crippen LogP contribution in [-0.4, -0.2) is 44.1 Å². The van der Waals surface area contributed by atoms with E-state index in [-0.39, 0.29) is 5.91 Å². The molecule has 24 heavy (non-hydrogen) atoms. The number of nitrogens with zero attached hydrogens (tertiary/aromatic N) is 2. The van der Waals surface area contributed by atoms with Gasteiger partial charge >= 0.3 is 0 Å². The predicted octanol–water partition coefficient (Wildman–Crippen LogP) is 3.35. The summed E-state index contributed by atoms with van der Waals surface area (Å²) in [6.45, 7) is 3.28. The fourth-order valence-corrected chi connectivity index (χ4v) is 3.16. The van der Waals surface area contributed by atoms with E-state index >= 15 is 0 Å². The van der Waals surface area contributed by atoms with Crippen LogP contribution in [0.1, 0.15) is 5.56 Å². The van der Waals surface area contributed by atoms with Crippen LogP contribution in [0.2, 0.25) is 0 Å². The van der Waals surface area contributed by atoms with E-state index in [0.717, 1.165) is 42.0 Å². The van der Waals surface area contributed by atoms with E-state index < -0.39 is 0 Å². The van der Waals surface area contributed by atoms with Crippen LogP contribution in [0.3, 0.4) is 0 Å². The number of carbonyl (C=O) groups is 1. The molecule has 0 radical (unpaired) electrons. The molecule has 0 aliphatic carbocycles. The molecule has 1 heterocycles. The standard InChI is InChI=1S/C19H21BrN2O2/c1-24-18-8-2-15(3-9-18)14-19(23)22-12-10-21(11-13-22)17-6-4-16(20)5-7-17/h2-9H,10-14H2,1H3. The van der Waals surface area contributed by atoms with Crippen LogP contribution in [0, 0.1) is 0 Å². The number of rotatable bonds is 4. The topological polar surface area (TPSA) is 32.8 Å². The molecule has 1 amide bonds. The minimum Gasteiger partial charge on any atom is -0.497 e. The largest absolute Gasteiger partial charge is 0.497 e. The van der Waals surface area contributed by atoms with Crippen molar-refractivity contribution in [3.63, 3.8) is 0 Å². The highest BCUT2D eigenvalue weighted by atomic mass is 79.9. The molecule has 0 bridgehead atoms. The van der Waals surface area contributed by atoms with Gasteiger partial charge in [0.15, 0.2) is 0 Å². The Kier molecular flexibility index (Phi) is 5.41. The van der Waals surface area contributed by atoms with Crippen LogP contribution in [0.25, 0.3) is 0 Å². The van der Waals surface area contributed by atoms with E-state index in [9.17, 15) is 4.79 Å². The summed E-state index contributed by atoms with van der Waals surface area (Å²) < 4.78 is 6.23. The van der Waals surface area contributed by atoms with Crippen molar-refractivity contribution in [2.24, 2.45) is 0 Å². The maximum Gasteiger partial charge on any atom is 0.227 e. The summed E-state index contributed by atoms with van der Waals surface area (Å²) in [7, 11) is 1.64. The maximum atomic E-state index is 12.5. The van der Waals surface area contributed by atoms with Crippen LogP contribution in [-0.2, 0) is 11.2 Å². The average Bonchev–Trinajstić information content (AvgIpc) is 2.63. The van der Waals surface area contributed by atoms with E-state index in [1.54, 1.807) is 7.11 Å². The summed E-state index contributed by atoms with van der Waals surface area (Å²) in [6, 6.07) is 16.0. The number of piperazine rings is 1. The van der Waals surface area contributed by atoms with Gasteiger partial charge < -0.3 is 14.5 Å². The first-order valence-electron chi connectivity index (χ1n) is 8.07. The Labute approximate surface area is 151 Å². The van der Waals surface area contributed by atoms with Gasteiger partial charge in [0, 0.05) is 36.3 Å². The van der Waals surface area contributed by atoms with Crippen LogP contribution in [0.15, 0.2) is 53.0 Å². The minimum atomic E-state index is 0.190. The molecule has 5 heteroatoms. The SMILES string of the molecule is COc1ccc(CC(=O)N2CCN(c3ccc(Br)cc3)CC2)cc1. The molecule has 3 rings (SSSR count). The molecule has 1 fully saturated rings. The van der Waals surface area contributed by atoms with Gasteiger partial charge in [0.2, 0.25) is 5.91 Å². The van der Waals surface area contributed by atoms with Crippen molar-refractivity contribution in [2.75, 3.05) is 38.2 Å². The molecule has 2 aromatic carbocycles. The van der Waals surface area contributed by atoms with Crippen molar-refractivity contribution in [2.45, 2.75) is 6.42 Å². The van der Waals surface area contributed by atoms with E-state index in [1.807, 2.05) is 29.2 Å². The highest BCUT2D eigenvalue weighted by Gasteiger charge is 2.21. The molecule has 0 aromatic heterocycles. The van der Waals surface area contributed by atoms with Gasteiger partial charge in [0.25, 0.3) is 0 Å². The fourth-order valence-electron chi connectivity index (χ4n) is 2.90. The van der Waals surface area contributed by atoms with Gasteiger partial charge in [-0.25, -0.2) is 0 Å². The number of anilines is 1. The smallest absolute Gasteiger partial charge is 0.227 e. The molecule has 0 spiro atoms. The Bertz CT molecular complexity index is 678. The molecular weight excluding hydrogens is 368 g/mol. The van der Waals surface area contributed by atoms with Crippen LogP contribution < -0.4 is 9.64 Å². The Morgan fingerprint density at radius 1 is 1.00 bits per heavy atom. The third kappa shape index (κ3) is 4.09. The first kappa shape index (κ1) is 16.8. The summed E-state index contributed by atoms with van der Waals surface area (Å²) >= 11 is 3.46. The molecule has 0 N–H and O–H groups in total. The molecule has 126 valence electrons. The number of hydrogen-bond donors (Lipinski definition) is 0. The van der Waals surface area contributed by atoms with Gasteiger partial charge in [-0.1, -0.05) is 28.1 Å². The second-order valence-corrected chi connectivity index (χ2v) is 6.78. The molecule has 1 saturated heterocycles. The van der Waals surface area contributed by atoms with Crippen molar-refractivity contribution in [3.8, 4) is 5.75 Å². The monoisotopic (exact) mass is 388 g/mol. The third-order valence-electron chi connectivity index (χ3n) is 4.34. The number of ether oxygens (including phenoxy) is 1. The van der Waals surface area contributed by atoms with E-state index in [0.29, 0.717) is 6.42 Å². The van der Waals surface area contributed by atoms with Crippen LogP contribution in [0.4, 0.5) is 5.69 Å². The lowest BCUT2D eigenvalue weighted by molar-refractivity contribution is -0.130. The van der Waals surface area contributed by atoms with Gasteiger partial charge in [-0.15, -0.1) is 0 Å². The van der Waals surface area contributed by atoms with E-state index in [2.05, 4.69) is 45.1 Å². The van der Waals surface area contributed by atoms with Gasteiger partial charge in [0.05, 0.1) is 13.5 Å². The number of halogens is 1. The van der Waals surface area contributed by atoms with E-state index in [4.69, 9.17) is 4.74 Å². The molecule has 0 unspecified atom stereocenters. The third-order valence-corrected chi connectivity index (χ3v) is 4.87. The van der Waals surface area contributed by atoms with Crippen molar-refractivity contribution in [1.29, 1.82) is 0 Å².